The van der Waals surface area contributed by atoms with E-state index in [1.165, 1.54) is 19.1 Å². The van der Waals surface area contributed by atoms with Crippen LogP contribution in [0.25, 0.3) is 0 Å². The van der Waals surface area contributed by atoms with Crippen LogP contribution in [0.3, 0.4) is 0 Å². The fraction of sp³-hybridized carbons (Fsp3) is 0.565. The summed E-state index contributed by atoms with van der Waals surface area (Å²) in [4.78, 5) is 47.7. The summed E-state index contributed by atoms with van der Waals surface area (Å²) in [7, 11) is 0. The molecule has 31 heavy (non-hydrogen) atoms. The maximum atomic E-state index is 12.1. The molecule has 0 aromatic heterocycles. The molecule has 1 N–H and O–H groups in total. The first-order chi connectivity index (χ1) is 14.4. The van der Waals surface area contributed by atoms with E-state index in [1.807, 2.05) is 0 Å². The molecule has 1 aromatic carbocycles. The molecular formula is C23H33NO7. The summed E-state index contributed by atoms with van der Waals surface area (Å²) in [6.07, 6.45) is 0. The highest BCUT2D eigenvalue weighted by Crippen LogP contribution is 2.41. The zero-order valence-electron chi connectivity index (χ0n) is 19.4. The van der Waals surface area contributed by atoms with Crippen molar-refractivity contribution < 1.29 is 33.4 Å². The van der Waals surface area contributed by atoms with Gasteiger partial charge in [-0.3, -0.25) is 19.2 Å². The summed E-state index contributed by atoms with van der Waals surface area (Å²) in [5.41, 5.74) is 0.342. The van der Waals surface area contributed by atoms with Crippen molar-refractivity contribution in [1.29, 1.82) is 0 Å². The van der Waals surface area contributed by atoms with Gasteiger partial charge in [-0.25, -0.2) is 0 Å². The lowest BCUT2D eigenvalue weighted by atomic mass is 10.1. The molecule has 0 spiro atoms. The van der Waals surface area contributed by atoms with Gasteiger partial charge in [-0.15, -0.1) is 0 Å². The third-order valence-corrected chi connectivity index (χ3v) is 4.37. The lowest BCUT2D eigenvalue weighted by Gasteiger charge is -2.19. The molecule has 0 saturated heterocycles. The molecule has 0 bridgehead atoms. The number of rotatable bonds is 13. The van der Waals surface area contributed by atoms with Crippen molar-refractivity contribution in [2.45, 2.75) is 48.5 Å². The van der Waals surface area contributed by atoms with Crippen molar-refractivity contribution in [3.63, 3.8) is 0 Å². The van der Waals surface area contributed by atoms with E-state index in [0.29, 0.717) is 5.69 Å². The fourth-order valence-electron chi connectivity index (χ4n) is 2.15. The first-order valence-electron chi connectivity index (χ1n) is 10.3. The van der Waals surface area contributed by atoms with Gasteiger partial charge >= 0.3 is 0 Å². The molecule has 0 atom stereocenters. The molecule has 1 amide bonds. The Balaban J connectivity index is 3.34. The van der Waals surface area contributed by atoms with Crippen LogP contribution in [0.5, 0.6) is 17.2 Å². The fourth-order valence-corrected chi connectivity index (χ4v) is 2.15. The van der Waals surface area contributed by atoms with E-state index in [2.05, 4.69) is 5.32 Å². The monoisotopic (exact) mass is 435 g/mol. The minimum atomic E-state index is -0.322. The van der Waals surface area contributed by atoms with E-state index in [4.69, 9.17) is 14.2 Å². The summed E-state index contributed by atoms with van der Waals surface area (Å²) >= 11 is 0. The van der Waals surface area contributed by atoms with Gasteiger partial charge in [0.25, 0.3) is 0 Å². The highest BCUT2D eigenvalue weighted by Gasteiger charge is 2.21. The maximum absolute atomic E-state index is 12.1. The molecule has 0 fully saturated rings. The van der Waals surface area contributed by atoms with Crippen LogP contribution in [-0.4, -0.2) is 43.1 Å². The van der Waals surface area contributed by atoms with E-state index in [9.17, 15) is 19.2 Å². The molecule has 0 unspecified atom stereocenters. The molecule has 0 saturated carbocycles. The van der Waals surface area contributed by atoms with Crippen LogP contribution in [0.4, 0.5) is 5.69 Å². The van der Waals surface area contributed by atoms with Crippen LogP contribution in [0, 0.1) is 17.8 Å². The van der Waals surface area contributed by atoms with Crippen LogP contribution >= 0.6 is 0 Å². The Morgan fingerprint density at radius 2 is 1.06 bits per heavy atom. The number of Topliss-reactive ketones (excluding diaryl/α,β-unsaturated/α-hetero) is 3. The van der Waals surface area contributed by atoms with E-state index < -0.39 is 0 Å². The van der Waals surface area contributed by atoms with Crippen molar-refractivity contribution in [3.8, 4) is 17.2 Å². The zero-order chi connectivity index (χ0) is 23.7. The van der Waals surface area contributed by atoms with Crippen LogP contribution < -0.4 is 19.5 Å². The van der Waals surface area contributed by atoms with Gasteiger partial charge in [0.05, 0.1) is 0 Å². The van der Waals surface area contributed by atoms with Crippen molar-refractivity contribution in [3.05, 3.63) is 12.1 Å². The summed E-state index contributed by atoms with van der Waals surface area (Å²) in [6.45, 7) is 11.2. The number of ether oxygens (including phenoxy) is 3. The normalized spacial score (nSPS) is 10.9. The standard InChI is InChI=1S/C23H33NO7/c1-13(2)18(26)10-29-21-8-17(24-16(7)25)9-22(30-11-19(27)14(3)4)23(21)31-12-20(28)15(5)6/h8-9,13-15H,10-12H2,1-7H3,(H,24,25). The number of carbonyl (C=O) groups is 4. The third kappa shape index (κ3) is 8.78. The molecule has 8 nitrogen and oxygen atoms in total. The molecule has 0 aliphatic heterocycles. The van der Waals surface area contributed by atoms with Crippen LogP contribution in [0.1, 0.15) is 48.5 Å². The molecule has 0 aliphatic carbocycles. The molecule has 8 heteroatoms. The second-order valence-corrected chi connectivity index (χ2v) is 8.21. The Bertz CT molecular complexity index is 767. The van der Waals surface area contributed by atoms with E-state index >= 15 is 0 Å². The minimum absolute atomic E-state index is 0.0937. The van der Waals surface area contributed by atoms with Gasteiger partial charge in [0, 0.05) is 42.5 Å². The summed E-state index contributed by atoms with van der Waals surface area (Å²) in [6, 6.07) is 2.97. The van der Waals surface area contributed by atoms with Crippen LogP contribution in [0.2, 0.25) is 0 Å². The number of hydrogen-bond donors (Lipinski definition) is 1. The predicted octanol–water partition coefficient (Wildman–Crippen LogP) is 3.46. The largest absolute Gasteiger partial charge is 0.482 e. The number of anilines is 1. The van der Waals surface area contributed by atoms with Gasteiger partial charge in [-0.05, 0) is 0 Å². The smallest absolute Gasteiger partial charge is 0.221 e. The summed E-state index contributed by atoms with van der Waals surface area (Å²) < 4.78 is 17.0. The lowest BCUT2D eigenvalue weighted by molar-refractivity contribution is -0.125. The SMILES string of the molecule is CC(=O)Nc1cc(OCC(=O)C(C)C)c(OCC(=O)C(C)C)c(OCC(=O)C(C)C)c1. The highest BCUT2D eigenvalue weighted by molar-refractivity contribution is 5.90. The number of hydrogen-bond acceptors (Lipinski definition) is 7. The van der Waals surface area contributed by atoms with Gasteiger partial charge in [-0.2, -0.15) is 0 Å². The van der Waals surface area contributed by atoms with Crippen molar-refractivity contribution >= 4 is 28.9 Å². The Kier molecular flexibility index (Phi) is 10.2. The number of nitrogens with one attached hydrogen (secondary N) is 1. The Labute approximate surface area is 183 Å². The molecule has 1 aromatic rings. The Morgan fingerprint density at radius 3 is 1.39 bits per heavy atom. The van der Waals surface area contributed by atoms with Gasteiger partial charge in [0.1, 0.15) is 19.8 Å². The topological polar surface area (TPSA) is 108 Å². The van der Waals surface area contributed by atoms with Gasteiger partial charge in [0.2, 0.25) is 11.7 Å². The number of carbonyl (C=O) groups excluding carboxylic acids is 4. The van der Waals surface area contributed by atoms with E-state index in [0.717, 1.165) is 0 Å². The van der Waals surface area contributed by atoms with Crippen molar-refractivity contribution in [2.75, 3.05) is 25.1 Å². The third-order valence-electron chi connectivity index (χ3n) is 4.37. The Hall–Kier alpha value is -2.90. The highest BCUT2D eigenvalue weighted by atomic mass is 16.5. The molecule has 172 valence electrons. The first kappa shape index (κ1) is 26.1. The average molecular weight is 436 g/mol. The predicted molar refractivity (Wildman–Crippen MR) is 117 cm³/mol. The average Bonchev–Trinajstić information content (AvgIpc) is 2.67. The van der Waals surface area contributed by atoms with Gasteiger partial charge in [-0.1, -0.05) is 41.5 Å². The zero-order valence-corrected chi connectivity index (χ0v) is 19.4. The number of amides is 1. The van der Waals surface area contributed by atoms with Crippen LogP contribution in [0.15, 0.2) is 12.1 Å². The molecule has 0 aliphatic rings. The molecule has 0 heterocycles. The van der Waals surface area contributed by atoms with Gasteiger partial charge in [0.15, 0.2) is 28.8 Å². The second-order valence-electron chi connectivity index (χ2n) is 8.21. The lowest BCUT2D eigenvalue weighted by Crippen LogP contribution is -2.21. The summed E-state index contributed by atoms with van der Waals surface area (Å²) in [5, 5.41) is 2.63. The van der Waals surface area contributed by atoms with Crippen molar-refractivity contribution in [1.82, 2.24) is 0 Å². The first-order valence-corrected chi connectivity index (χ1v) is 10.3. The quantitative estimate of drug-likeness (QED) is 0.505. The van der Waals surface area contributed by atoms with Crippen molar-refractivity contribution in [2.24, 2.45) is 17.8 Å². The van der Waals surface area contributed by atoms with E-state index in [-0.39, 0.29) is 78.1 Å². The minimum Gasteiger partial charge on any atom is -0.482 e. The van der Waals surface area contributed by atoms with Crippen LogP contribution in [-0.2, 0) is 19.2 Å². The molecule has 0 radical (unpaired) electrons. The Morgan fingerprint density at radius 1 is 0.710 bits per heavy atom. The second kappa shape index (κ2) is 12.1. The number of benzene rings is 1. The van der Waals surface area contributed by atoms with Gasteiger partial charge < -0.3 is 19.5 Å². The number of ketones is 3. The maximum Gasteiger partial charge on any atom is 0.221 e. The van der Waals surface area contributed by atoms with E-state index in [1.54, 1.807) is 41.5 Å². The summed E-state index contributed by atoms with van der Waals surface area (Å²) in [5.74, 6) is -1.08. The molecular weight excluding hydrogens is 402 g/mol. The molecule has 1 rings (SSSR count).